The molecule has 1 N–H and O–H groups in total. The molecule has 0 radical (unpaired) electrons. The van der Waals surface area contributed by atoms with Crippen molar-refractivity contribution in [2.45, 2.75) is 51.6 Å². The van der Waals surface area contributed by atoms with Crippen LogP contribution in [0.15, 0.2) is 16.8 Å². The number of nitrogens with zero attached hydrogens (tertiary/aromatic N) is 1. The highest BCUT2D eigenvalue weighted by molar-refractivity contribution is 7.07. The molecule has 2 nitrogen and oxygen atoms in total. The summed E-state index contributed by atoms with van der Waals surface area (Å²) in [6, 6.07) is 2.79. The summed E-state index contributed by atoms with van der Waals surface area (Å²) in [5.41, 5.74) is 1.70. The number of hydrogen-bond acceptors (Lipinski definition) is 3. The van der Waals surface area contributed by atoms with Crippen LogP contribution in [-0.4, -0.2) is 37.1 Å². The molecule has 0 spiro atoms. The number of thiophene rings is 1. The molecule has 1 rings (SSSR count). The highest BCUT2D eigenvalue weighted by Gasteiger charge is 2.33. The van der Waals surface area contributed by atoms with Crippen molar-refractivity contribution >= 4 is 11.3 Å². The number of rotatable bonds is 8. The van der Waals surface area contributed by atoms with Gasteiger partial charge >= 0.3 is 0 Å². The molecule has 1 aromatic heterocycles. The zero-order valence-corrected chi connectivity index (χ0v) is 13.3. The van der Waals surface area contributed by atoms with Crippen LogP contribution in [0.3, 0.4) is 0 Å². The first-order valence-corrected chi connectivity index (χ1v) is 7.90. The molecule has 18 heavy (non-hydrogen) atoms. The van der Waals surface area contributed by atoms with Crippen molar-refractivity contribution in [1.82, 2.24) is 10.2 Å². The van der Waals surface area contributed by atoms with Crippen molar-refractivity contribution in [3.8, 4) is 0 Å². The van der Waals surface area contributed by atoms with Crippen LogP contribution in [0.25, 0.3) is 0 Å². The second-order valence-electron chi connectivity index (χ2n) is 5.39. The second-order valence-corrected chi connectivity index (χ2v) is 6.17. The van der Waals surface area contributed by atoms with Crippen LogP contribution in [0.2, 0.25) is 0 Å². The van der Waals surface area contributed by atoms with Gasteiger partial charge < -0.3 is 10.2 Å². The maximum Gasteiger partial charge on any atom is 0.0325 e. The molecular formula is C15H28N2S. The van der Waals surface area contributed by atoms with E-state index >= 15 is 0 Å². The van der Waals surface area contributed by atoms with Crippen molar-refractivity contribution in [2.24, 2.45) is 0 Å². The molecule has 104 valence electrons. The third kappa shape index (κ3) is 3.81. The lowest BCUT2D eigenvalue weighted by Crippen LogP contribution is -2.57. The quantitative estimate of drug-likeness (QED) is 0.777. The Kier molecular flexibility index (Phi) is 6.33. The van der Waals surface area contributed by atoms with E-state index in [9.17, 15) is 0 Å². The summed E-state index contributed by atoms with van der Waals surface area (Å²) in [7, 11) is 4.39. The van der Waals surface area contributed by atoms with E-state index in [-0.39, 0.29) is 5.54 Å². The Morgan fingerprint density at radius 2 is 2.11 bits per heavy atom. The first kappa shape index (κ1) is 15.7. The van der Waals surface area contributed by atoms with Crippen LogP contribution in [0.5, 0.6) is 0 Å². The Morgan fingerprint density at radius 1 is 1.39 bits per heavy atom. The molecule has 0 fully saturated rings. The minimum Gasteiger partial charge on any atom is -0.312 e. The van der Waals surface area contributed by atoms with Gasteiger partial charge in [0.2, 0.25) is 0 Å². The van der Waals surface area contributed by atoms with Crippen LogP contribution in [0.4, 0.5) is 0 Å². The number of nitrogens with one attached hydrogen (secondary N) is 1. The minimum absolute atomic E-state index is 0.228. The van der Waals surface area contributed by atoms with Gasteiger partial charge in [-0.25, -0.2) is 0 Å². The predicted octanol–water partition coefficient (Wildman–Crippen LogP) is 3.39. The van der Waals surface area contributed by atoms with E-state index in [1.165, 1.54) is 24.8 Å². The SMILES string of the molecule is CCNC(CCc1ccsc1)C(C)(CC)N(C)C. The van der Waals surface area contributed by atoms with Crippen LogP contribution in [-0.2, 0) is 6.42 Å². The number of aryl methyl sites for hydroxylation is 1. The minimum atomic E-state index is 0.228. The fourth-order valence-electron chi connectivity index (χ4n) is 2.50. The normalized spacial score (nSPS) is 16.8. The van der Waals surface area contributed by atoms with E-state index in [1.54, 1.807) is 11.3 Å². The molecule has 0 aromatic carbocycles. The molecule has 0 aliphatic heterocycles. The van der Waals surface area contributed by atoms with Gasteiger partial charge in [-0.15, -0.1) is 0 Å². The van der Waals surface area contributed by atoms with Crippen molar-refractivity contribution in [3.05, 3.63) is 22.4 Å². The fourth-order valence-corrected chi connectivity index (χ4v) is 3.20. The summed E-state index contributed by atoms with van der Waals surface area (Å²) in [6.45, 7) is 7.89. The Bertz CT molecular complexity index is 321. The zero-order chi connectivity index (χ0) is 13.6. The lowest BCUT2D eigenvalue weighted by molar-refractivity contribution is 0.109. The zero-order valence-electron chi connectivity index (χ0n) is 12.5. The maximum atomic E-state index is 3.68. The van der Waals surface area contributed by atoms with Crippen LogP contribution >= 0.6 is 11.3 Å². The molecule has 2 atom stereocenters. The van der Waals surface area contributed by atoms with Crippen molar-refractivity contribution in [3.63, 3.8) is 0 Å². The fraction of sp³-hybridized carbons (Fsp3) is 0.733. The predicted molar refractivity (Wildman–Crippen MR) is 82.5 cm³/mol. The molecule has 0 aliphatic carbocycles. The number of likely N-dealkylation sites (N-methyl/N-ethyl adjacent to an activating group) is 2. The number of hydrogen-bond donors (Lipinski definition) is 1. The Hall–Kier alpha value is -0.380. The van der Waals surface area contributed by atoms with Crippen molar-refractivity contribution in [2.75, 3.05) is 20.6 Å². The smallest absolute Gasteiger partial charge is 0.0325 e. The largest absolute Gasteiger partial charge is 0.312 e. The molecule has 1 aromatic rings. The Balaban J connectivity index is 2.68. The summed E-state index contributed by atoms with van der Waals surface area (Å²) >= 11 is 1.79. The molecule has 1 heterocycles. The molecule has 2 unspecified atom stereocenters. The Labute approximate surface area is 116 Å². The molecule has 0 amide bonds. The lowest BCUT2D eigenvalue weighted by Gasteiger charge is -2.43. The van der Waals surface area contributed by atoms with Gasteiger partial charge in [-0.2, -0.15) is 11.3 Å². The van der Waals surface area contributed by atoms with Gasteiger partial charge in [-0.05, 0) is 69.2 Å². The standard InChI is InChI=1S/C15H28N2S/c1-6-15(3,17(4)5)14(16-7-2)9-8-13-10-11-18-12-13/h10-12,14,16H,6-9H2,1-5H3. The van der Waals surface area contributed by atoms with E-state index in [0.717, 1.165) is 6.54 Å². The molecule has 0 saturated heterocycles. The molecule has 0 saturated carbocycles. The lowest BCUT2D eigenvalue weighted by atomic mass is 9.84. The van der Waals surface area contributed by atoms with E-state index in [1.807, 2.05) is 0 Å². The van der Waals surface area contributed by atoms with Gasteiger partial charge in [0.15, 0.2) is 0 Å². The van der Waals surface area contributed by atoms with Gasteiger partial charge in [0.1, 0.15) is 0 Å². The van der Waals surface area contributed by atoms with Crippen LogP contribution in [0.1, 0.15) is 39.2 Å². The third-order valence-corrected chi connectivity index (χ3v) is 4.97. The molecule has 0 aliphatic rings. The average molecular weight is 268 g/mol. The summed E-state index contributed by atoms with van der Waals surface area (Å²) in [5, 5.41) is 8.11. The highest BCUT2D eigenvalue weighted by atomic mass is 32.1. The average Bonchev–Trinajstić information content (AvgIpc) is 2.86. The van der Waals surface area contributed by atoms with Gasteiger partial charge in [0, 0.05) is 11.6 Å². The maximum absolute atomic E-state index is 3.68. The third-order valence-electron chi connectivity index (χ3n) is 4.24. The van der Waals surface area contributed by atoms with E-state index in [2.05, 4.69) is 61.9 Å². The topological polar surface area (TPSA) is 15.3 Å². The van der Waals surface area contributed by atoms with Gasteiger partial charge in [0.05, 0.1) is 0 Å². The monoisotopic (exact) mass is 268 g/mol. The molecule has 0 bridgehead atoms. The van der Waals surface area contributed by atoms with Crippen LogP contribution in [0, 0.1) is 0 Å². The first-order valence-electron chi connectivity index (χ1n) is 6.96. The molecular weight excluding hydrogens is 240 g/mol. The van der Waals surface area contributed by atoms with Gasteiger partial charge in [0.25, 0.3) is 0 Å². The van der Waals surface area contributed by atoms with E-state index < -0.39 is 0 Å². The van der Waals surface area contributed by atoms with Gasteiger partial charge in [-0.1, -0.05) is 13.8 Å². The van der Waals surface area contributed by atoms with Crippen molar-refractivity contribution in [1.29, 1.82) is 0 Å². The molecule has 3 heteroatoms. The highest BCUT2D eigenvalue weighted by Crippen LogP contribution is 2.24. The summed E-state index contributed by atoms with van der Waals surface area (Å²) in [5.74, 6) is 0. The summed E-state index contributed by atoms with van der Waals surface area (Å²) in [6.07, 6.45) is 3.54. The first-order chi connectivity index (χ1) is 8.54. The summed E-state index contributed by atoms with van der Waals surface area (Å²) in [4.78, 5) is 2.37. The van der Waals surface area contributed by atoms with Crippen LogP contribution < -0.4 is 5.32 Å². The van der Waals surface area contributed by atoms with Gasteiger partial charge in [-0.3, -0.25) is 0 Å². The second kappa shape index (κ2) is 7.27. The Morgan fingerprint density at radius 3 is 2.56 bits per heavy atom. The van der Waals surface area contributed by atoms with Crippen molar-refractivity contribution < 1.29 is 0 Å². The van der Waals surface area contributed by atoms with E-state index in [0.29, 0.717) is 6.04 Å². The van der Waals surface area contributed by atoms with E-state index in [4.69, 9.17) is 0 Å². The summed E-state index contributed by atoms with van der Waals surface area (Å²) < 4.78 is 0.